The normalized spacial score (nSPS) is 25.8. The first-order chi connectivity index (χ1) is 7.20. The summed E-state index contributed by atoms with van der Waals surface area (Å²) in [4.78, 5) is 2.44. The van der Waals surface area contributed by atoms with E-state index in [1.807, 2.05) is 0 Å². The van der Waals surface area contributed by atoms with Crippen molar-refractivity contribution in [2.45, 2.75) is 57.7 Å². The monoisotopic (exact) mass is 214 g/mol. The molecule has 15 heavy (non-hydrogen) atoms. The minimum atomic E-state index is 0.311. The molecule has 0 spiro atoms. The fourth-order valence-electron chi connectivity index (χ4n) is 2.53. The maximum Gasteiger partial charge on any atom is 0.0622 e. The summed E-state index contributed by atoms with van der Waals surface area (Å²) in [5, 5.41) is 0. The van der Waals surface area contributed by atoms with E-state index in [1.54, 1.807) is 0 Å². The molecule has 3 heteroatoms. The van der Waals surface area contributed by atoms with Gasteiger partial charge in [-0.05, 0) is 26.3 Å². The van der Waals surface area contributed by atoms with Crippen molar-refractivity contribution in [2.75, 3.05) is 20.3 Å². The smallest absolute Gasteiger partial charge is 0.0622 e. The van der Waals surface area contributed by atoms with E-state index < -0.39 is 0 Å². The number of likely N-dealkylation sites (N-methyl/N-ethyl adjacent to an activating group) is 1. The van der Waals surface area contributed by atoms with E-state index in [-0.39, 0.29) is 0 Å². The lowest BCUT2D eigenvalue weighted by molar-refractivity contribution is 0.116. The number of rotatable bonds is 6. The van der Waals surface area contributed by atoms with Crippen LogP contribution < -0.4 is 5.73 Å². The summed E-state index contributed by atoms with van der Waals surface area (Å²) in [7, 11) is 2.20. The first kappa shape index (κ1) is 12.9. The van der Waals surface area contributed by atoms with Crippen LogP contribution in [-0.2, 0) is 4.74 Å². The number of nitrogens with zero attached hydrogens (tertiary/aromatic N) is 1. The Hall–Kier alpha value is -0.120. The molecule has 1 saturated heterocycles. The summed E-state index contributed by atoms with van der Waals surface area (Å²) < 4.78 is 5.43. The molecule has 2 N–H and O–H groups in total. The second-order valence-corrected chi connectivity index (χ2v) is 4.61. The van der Waals surface area contributed by atoms with Crippen LogP contribution in [0.5, 0.6) is 0 Å². The number of nitrogens with two attached hydrogens (primary N) is 1. The summed E-state index contributed by atoms with van der Waals surface area (Å²) >= 11 is 0. The molecular weight excluding hydrogens is 188 g/mol. The molecule has 0 bridgehead atoms. The SMILES string of the molecule is CCCC(N)C(CC)N(C)C1CCOC1. The van der Waals surface area contributed by atoms with Crippen molar-refractivity contribution < 1.29 is 4.74 Å². The topological polar surface area (TPSA) is 38.5 Å². The van der Waals surface area contributed by atoms with Crippen molar-refractivity contribution in [1.29, 1.82) is 0 Å². The Morgan fingerprint density at radius 1 is 1.47 bits per heavy atom. The third-order valence-electron chi connectivity index (χ3n) is 3.54. The van der Waals surface area contributed by atoms with Crippen molar-refractivity contribution >= 4 is 0 Å². The highest BCUT2D eigenvalue weighted by Gasteiger charge is 2.28. The van der Waals surface area contributed by atoms with Crippen LogP contribution in [0.1, 0.15) is 39.5 Å². The molecule has 0 radical (unpaired) electrons. The maximum absolute atomic E-state index is 6.23. The van der Waals surface area contributed by atoms with E-state index in [4.69, 9.17) is 10.5 Å². The van der Waals surface area contributed by atoms with Gasteiger partial charge >= 0.3 is 0 Å². The van der Waals surface area contributed by atoms with Gasteiger partial charge in [0.1, 0.15) is 0 Å². The second kappa shape index (κ2) is 6.46. The predicted octanol–water partition coefficient (Wildman–Crippen LogP) is 1.61. The lowest BCUT2D eigenvalue weighted by atomic mass is 9.99. The molecule has 1 aliphatic heterocycles. The van der Waals surface area contributed by atoms with Gasteiger partial charge in [-0.15, -0.1) is 0 Å². The first-order valence-corrected chi connectivity index (χ1v) is 6.25. The van der Waals surface area contributed by atoms with Gasteiger partial charge in [0.25, 0.3) is 0 Å². The quantitative estimate of drug-likeness (QED) is 0.730. The largest absolute Gasteiger partial charge is 0.380 e. The van der Waals surface area contributed by atoms with Crippen LogP contribution in [0.25, 0.3) is 0 Å². The minimum Gasteiger partial charge on any atom is -0.380 e. The van der Waals surface area contributed by atoms with E-state index in [0.717, 1.165) is 32.5 Å². The highest BCUT2D eigenvalue weighted by molar-refractivity contribution is 4.85. The first-order valence-electron chi connectivity index (χ1n) is 6.25. The van der Waals surface area contributed by atoms with Gasteiger partial charge in [-0.2, -0.15) is 0 Å². The molecule has 3 unspecified atom stereocenters. The Balaban J connectivity index is 2.48. The summed E-state index contributed by atoms with van der Waals surface area (Å²) in [5.41, 5.74) is 6.23. The zero-order valence-electron chi connectivity index (χ0n) is 10.4. The zero-order chi connectivity index (χ0) is 11.3. The molecule has 0 aromatic rings. The van der Waals surface area contributed by atoms with Crippen LogP contribution in [-0.4, -0.2) is 43.3 Å². The minimum absolute atomic E-state index is 0.311. The third-order valence-corrected chi connectivity index (χ3v) is 3.54. The van der Waals surface area contributed by atoms with Crippen LogP contribution in [0, 0.1) is 0 Å². The summed E-state index contributed by atoms with van der Waals surface area (Å²) in [6.45, 7) is 6.22. The van der Waals surface area contributed by atoms with E-state index in [9.17, 15) is 0 Å². The second-order valence-electron chi connectivity index (χ2n) is 4.61. The van der Waals surface area contributed by atoms with Gasteiger partial charge in [0, 0.05) is 24.7 Å². The third kappa shape index (κ3) is 3.44. The van der Waals surface area contributed by atoms with E-state index in [1.165, 1.54) is 6.42 Å². The van der Waals surface area contributed by atoms with Gasteiger partial charge in [-0.25, -0.2) is 0 Å². The fraction of sp³-hybridized carbons (Fsp3) is 1.00. The van der Waals surface area contributed by atoms with E-state index in [0.29, 0.717) is 18.1 Å². The molecular formula is C12H26N2O. The molecule has 3 nitrogen and oxygen atoms in total. The Labute approximate surface area is 94.0 Å². The molecule has 0 saturated carbocycles. The lowest BCUT2D eigenvalue weighted by Crippen LogP contribution is -2.50. The van der Waals surface area contributed by atoms with Gasteiger partial charge in [0.2, 0.25) is 0 Å². The Bertz CT molecular complexity index is 169. The zero-order valence-corrected chi connectivity index (χ0v) is 10.4. The molecule has 0 aromatic carbocycles. The van der Waals surface area contributed by atoms with Crippen LogP contribution in [0.4, 0.5) is 0 Å². The van der Waals surface area contributed by atoms with Crippen molar-refractivity contribution in [2.24, 2.45) is 5.73 Å². The van der Waals surface area contributed by atoms with Crippen molar-refractivity contribution in [3.8, 4) is 0 Å². The summed E-state index contributed by atoms with van der Waals surface area (Å²) in [6, 6.07) is 1.40. The predicted molar refractivity (Wildman–Crippen MR) is 63.9 cm³/mol. The van der Waals surface area contributed by atoms with Gasteiger partial charge in [-0.1, -0.05) is 20.3 Å². The van der Waals surface area contributed by atoms with Gasteiger partial charge in [-0.3, -0.25) is 4.90 Å². The van der Waals surface area contributed by atoms with Crippen LogP contribution >= 0.6 is 0 Å². The highest BCUT2D eigenvalue weighted by atomic mass is 16.5. The van der Waals surface area contributed by atoms with Crippen molar-refractivity contribution in [1.82, 2.24) is 4.90 Å². The molecule has 3 atom stereocenters. The van der Waals surface area contributed by atoms with Crippen molar-refractivity contribution in [3.63, 3.8) is 0 Å². The van der Waals surface area contributed by atoms with E-state index in [2.05, 4.69) is 25.8 Å². The highest BCUT2D eigenvalue weighted by Crippen LogP contribution is 2.18. The van der Waals surface area contributed by atoms with E-state index >= 15 is 0 Å². The average molecular weight is 214 g/mol. The number of ether oxygens (including phenoxy) is 1. The number of hydrogen-bond donors (Lipinski definition) is 1. The summed E-state index contributed by atoms with van der Waals surface area (Å²) in [5.74, 6) is 0. The Kier molecular flexibility index (Phi) is 5.58. The summed E-state index contributed by atoms with van der Waals surface area (Å²) in [6.07, 6.45) is 4.59. The Morgan fingerprint density at radius 3 is 2.67 bits per heavy atom. The molecule has 1 rings (SSSR count). The van der Waals surface area contributed by atoms with Crippen LogP contribution in [0.15, 0.2) is 0 Å². The molecule has 1 aliphatic rings. The molecule has 0 aliphatic carbocycles. The number of hydrogen-bond acceptors (Lipinski definition) is 3. The Morgan fingerprint density at radius 2 is 2.20 bits per heavy atom. The van der Waals surface area contributed by atoms with Crippen LogP contribution in [0.3, 0.4) is 0 Å². The molecule has 0 aromatic heterocycles. The standard InChI is InChI=1S/C12H26N2O/c1-4-6-11(13)12(5-2)14(3)10-7-8-15-9-10/h10-12H,4-9,13H2,1-3H3. The maximum atomic E-state index is 6.23. The fourth-order valence-corrected chi connectivity index (χ4v) is 2.53. The van der Waals surface area contributed by atoms with Gasteiger partial charge < -0.3 is 10.5 Å². The van der Waals surface area contributed by atoms with Crippen molar-refractivity contribution in [3.05, 3.63) is 0 Å². The van der Waals surface area contributed by atoms with Gasteiger partial charge in [0.15, 0.2) is 0 Å². The molecule has 1 fully saturated rings. The molecule has 0 amide bonds. The molecule has 90 valence electrons. The van der Waals surface area contributed by atoms with Crippen LogP contribution in [0.2, 0.25) is 0 Å². The van der Waals surface area contributed by atoms with Gasteiger partial charge in [0.05, 0.1) is 6.61 Å². The average Bonchev–Trinajstić information content (AvgIpc) is 2.71. The molecule has 1 heterocycles. The lowest BCUT2D eigenvalue weighted by Gasteiger charge is -2.35.